The van der Waals surface area contributed by atoms with Gasteiger partial charge in [-0.15, -0.1) is 55.5 Å². The zero-order valence-electron chi connectivity index (χ0n) is 56.5. The van der Waals surface area contributed by atoms with Gasteiger partial charge in [-0.05, 0) is 134 Å². The highest BCUT2D eigenvalue weighted by molar-refractivity contribution is 7.17. The van der Waals surface area contributed by atoms with E-state index in [9.17, 15) is 10.5 Å². The predicted octanol–water partition coefficient (Wildman–Crippen LogP) is 20.7. The Morgan fingerprint density at radius 2 is 0.809 bits per heavy atom. The minimum absolute atomic E-state index is 0.0816. The highest BCUT2D eigenvalue weighted by Gasteiger charge is 2.39. The van der Waals surface area contributed by atoms with Crippen molar-refractivity contribution in [3.63, 3.8) is 0 Å². The summed E-state index contributed by atoms with van der Waals surface area (Å²) in [7, 11) is 0. The van der Waals surface area contributed by atoms with E-state index in [0.717, 1.165) is 114 Å². The first kappa shape index (κ1) is 72.8. The van der Waals surface area contributed by atoms with Gasteiger partial charge in [-0.3, -0.25) is 9.59 Å². The number of benzene rings is 2. The third-order valence-electron chi connectivity index (χ3n) is 18.5. The van der Waals surface area contributed by atoms with Crippen molar-refractivity contribution in [2.45, 2.75) is 233 Å². The lowest BCUT2D eigenvalue weighted by Crippen LogP contribution is -2.35. The summed E-state index contributed by atoms with van der Waals surface area (Å²) in [5.74, 6) is 0.350. The maximum absolute atomic E-state index is 15.5. The van der Waals surface area contributed by atoms with Crippen molar-refractivity contribution in [2.24, 2.45) is 22.0 Å². The average Bonchev–Trinajstić information content (AvgIpc) is 1.64. The van der Waals surface area contributed by atoms with Gasteiger partial charge in [-0.25, -0.2) is 0 Å². The van der Waals surface area contributed by atoms with Crippen LogP contribution in [0, 0.1) is 47.6 Å². The molecule has 0 saturated carbocycles. The monoisotopic (exact) mass is 1330 g/mol. The zero-order valence-corrected chi connectivity index (χ0v) is 59.7. The molecule has 10 nitrogen and oxygen atoms in total. The van der Waals surface area contributed by atoms with Gasteiger partial charge >= 0.3 is 5.82 Å². The number of amides is 2. The molecule has 2 aromatic carbocycles. The molecule has 94 heavy (non-hydrogen) atoms. The largest absolute Gasteiger partial charge is 0.536 e. The fraction of sp³-hybridized carbons (Fsp3) is 0.500. The van der Waals surface area contributed by atoms with E-state index >= 15 is 9.59 Å². The van der Waals surface area contributed by atoms with Gasteiger partial charge in [-0.2, -0.15) is 20.2 Å². The van der Waals surface area contributed by atoms with Gasteiger partial charge in [-0.1, -0.05) is 220 Å². The van der Waals surface area contributed by atoms with Gasteiger partial charge < -0.3 is 9.80 Å². The Morgan fingerprint density at radius 1 is 0.457 bits per heavy atom. The van der Waals surface area contributed by atoms with Crippen LogP contribution in [0.3, 0.4) is 0 Å². The van der Waals surface area contributed by atoms with Crippen molar-refractivity contribution in [3.05, 3.63) is 147 Å². The van der Waals surface area contributed by atoms with Gasteiger partial charge in [0.25, 0.3) is 11.8 Å². The summed E-state index contributed by atoms with van der Waals surface area (Å²) in [6.45, 7) is 25.2. The summed E-state index contributed by atoms with van der Waals surface area (Å²) in [6, 6.07) is 32.6. The van der Waals surface area contributed by atoms with Crippen LogP contribution in [0.15, 0.2) is 95.1 Å². The molecule has 0 bridgehead atoms. The minimum Gasteiger partial charge on any atom is -0.306 e. The highest BCUT2D eigenvalue weighted by Crippen LogP contribution is 2.41. The Hall–Kier alpha value is -7.04. The van der Waals surface area contributed by atoms with Gasteiger partial charge in [0.1, 0.15) is 35.4 Å². The van der Waals surface area contributed by atoms with Crippen LogP contribution < -0.4 is 27.9 Å². The Labute approximate surface area is 577 Å². The number of carbonyl (C=O) groups excluding carboxylic acids is 2. The molecule has 0 saturated heterocycles. The molecule has 2 aliphatic rings. The normalized spacial score (nSPS) is 14.6. The molecule has 0 spiro atoms. The summed E-state index contributed by atoms with van der Waals surface area (Å²) in [4.78, 5) is 46.0. The van der Waals surface area contributed by atoms with E-state index in [0.29, 0.717) is 34.0 Å². The molecular weight excluding hydrogens is 1230 g/mol. The van der Waals surface area contributed by atoms with E-state index in [4.69, 9.17) is 23.3 Å². The van der Waals surface area contributed by atoms with Crippen LogP contribution in [0.25, 0.3) is 54.1 Å². The zero-order chi connectivity index (χ0) is 66.3. The lowest BCUT2D eigenvalue weighted by atomic mass is 9.93. The van der Waals surface area contributed by atoms with Crippen LogP contribution in [0.2, 0.25) is 0 Å². The molecule has 0 N–H and O–H groups in total. The lowest BCUT2D eigenvalue weighted by molar-refractivity contribution is -0.113. The first-order valence-corrected chi connectivity index (χ1v) is 38.9. The predicted molar refractivity (Wildman–Crippen MR) is 400 cm³/mol. The standard InChI is InChI=1S/C80H98N8O2S4/c1-7-11-15-19-23-25-29-33-37-59(35-31-27-21-17-13-9-3)57-87-70-51-61(72-47-41-64(91-72)53-66-43-49-74(93-66)63(55-81)56-82)39-45-68(70)76(79(87)89)85-86-77-69-46-40-62(73-48-42-65(92-73)54-67-44-50-75(94-67)78(83-5)84-6)52-71(69)88(80(77)90)58-60(36-32-28-22-18-14-10-4)38-34-30-26-24-20-16-12-8-2/h39-54,59-60H,7-38,57-58H2,1-4H3/b66-53+,67-54+,85-76-,86-77-. The van der Waals surface area contributed by atoms with E-state index in [-0.39, 0.29) is 34.6 Å². The minimum atomic E-state index is -0.178. The molecule has 0 aliphatic carbocycles. The maximum Gasteiger partial charge on any atom is 0.536 e. The summed E-state index contributed by atoms with van der Waals surface area (Å²) >= 11 is 6.19. The Balaban J connectivity index is 1.16. The Kier molecular flexibility index (Phi) is 30.8. The fourth-order valence-electron chi connectivity index (χ4n) is 13.1. The van der Waals surface area contributed by atoms with Crippen LogP contribution in [0.5, 0.6) is 0 Å². The van der Waals surface area contributed by atoms with Crippen LogP contribution >= 0.6 is 45.3 Å². The second kappa shape index (κ2) is 39.7. The highest BCUT2D eigenvalue weighted by atomic mass is 32.1. The third-order valence-corrected chi connectivity index (χ3v) is 22.8. The molecule has 494 valence electrons. The van der Waals surface area contributed by atoms with Crippen LogP contribution in [0.4, 0.5) is 11.4 Å². The van der Waals surface area contributed by atoms with Crippen LogP contribution in [-0.2, 0) is 9.59 Å². The van der Waals surface area contributed by atoms with E-state index in [1.807, 2.05) is 58.3 Å². The smallest absolute Gasteiger partial charge is 0.306 e. The topological polar surface area (TPSA) is 122 Å². The number of unbranched alkanes of at least 4 members (excludes halogenated alkanes) is 24. The second-order valence-corrected chi connectivity index (χ2v) is 30.3. The first-order chi connectivity index (χ1) is 46.1. The number of nitriles is 2. The second-order valence-electron chi connectivity index (χ2n) is 25.8. The number of carbonyl (C=O) groups is 2. The number of hydrogen-bond acceptors (Lipinski definition) is 10. The van der Waals surface area contributed by atoms with Gasteiger partial charge in [0, 0.05) is 52.8 Å². The Bertz CT molecular complexity index is 3660. The summed E-state index contributed by atoms with van der Waals surface area (Å²) in [5, 5.41) is 29.0. The van der Waals surface area contributed by atoms with Crippen molar-refractivity contribution in [2.75, 3.05) is 22.9 Å². The fourth-order valence-corrected chi connectivity index (χ4v) is 17.0. The molecule has 6 aromatic rings. The van der Waals surface area contributed by atoms with Crippen molar-refractivity contribution >= 4 is 104 Å². The molecule has 14 heteroatoms. The molecule has 2 amide bonds. The molecule has 0 radical (unpaired) electrons. The van der Waals surface area contributed by atoms with Crippen LogP contribution in [0.1, 0.15) is 254 Å². The summed E-state index contributed by atoms with van der Waals surface area (Å²) in [5.41, 5.74) is 5.74. The Morgan fingerprint density at radius 3 is 1.17 bits per heavy atom. The van der Waals surface area contributed by atoms with E-state index in [1.165, 1.54) is 177 Å². The van der Waals surface area contributed by atoms with E-state index in [2.05, 4.69) is 98.1 Å². The van der Waals surface area contributed by atoms with Gasteiger partial charge in [0.15, 0.2) is 11.4 Å². The molecule has 0 fully saturated rings. The van der Waals surface area contributed by atoms with Crippen molar-refractivity contribution in [1.29, 1.82) is 10.5 Å². The van der Waals surface area contributed by atoms with Crippen molar-refractivity contribution in [3.8, 4) is 33.0 Å². The number of hydrogen-bond donors (Lipinski definition) is 0. The molecule has 2 aliphatic heterocycles. The van der Waals surface area contributed by atoms with E-state index < -0.39 is 0 Å². The number of nitrogens with zero attached hydrogens (tertiary/aromatic N) is 8. The summed E-state index contributed by atoms with van der Waals surface area (Å²) in [6.07, 6.45) is 43.1. The molecule has 8 rings (SSSR count). The van der Waals surface area contributed by atoms with E-state index in [1.54, 1.807) is 22.7 Å². The number of rotatable bonds is 41. The van der Waals surface area contributed by atoms with Crippen LogP contribution in [-0.4, -0.2) is 36.3 Å². The summed E-state index contributed by atoms with van der Waals surface area (Å²) < 4.78 is 3.25. The third kappa shape index (κ3) is 21.2. The van der Waals surface area contributed by atoms with Gasteiger partial charge in [0.2, 0.25) is 0 Å². The number of thiophene rings is 4. The number of fused-ring (bicyclic) bond motifs is 2. The maximum atomic E-state index is 15.5. The van der Waals surface area contributed by atoms with Gasteiger partial charge in [0.05, 0.1) is 15.9 Å². The first-order valence-electron chi connectivity index (χ1n) is 35.6. The lowest BCUT2D eigenvalue weighted by Gasteiger charge is -2.25. The molecule has 2 atom stereocenters. The SMILES string of the molecule is [C-]#[N+]C([N+]#[C-])=c1cc/c(=C\c2ccc(-c3ccc4c(c3)N(CC(CCCCCCCC)CCCCCCCCCC)C(=O)/C4=N\N=C3/C(=O)N(CC(CCCCCCCC)CCCCCCCCCC)c4cc(-c5ccc(/C=c6\ccc(=C(C#N)C#N)s6)s5)ccc43)s2)s1. The molecule has 4 aromatic heterocycles. The quantitative estimate of drug-likeness (QED) is 0.0216. The molecule has 6 heterocycles. The number of anilines is 2. The molecule has 2 unspecified atom stereocenters. The van der Waals surface area contributed by atoms with Crippen molar-refractivity contribution in [1.82, 2.24) is 0 Å². The average molecular weight is 1330 g/mol. The molecular formula is C80H98N8O2S4. The van der Waals surface area contributed by atoms with Crippen molar-refractivity contribution < 1.29 is 9.59 Å².